The summed E-state index contributed by atoms with van der Waals surface area (Å²) in [5.41, 5.74) is 0.558. The van der Waals surface area contributed by atoms with Crippen LogP contribution in [0.1, 0.15) is 0 Å². The fourth-order valence-corrected chi connectivity index (χ4v) is 1.96. The molecule has 0 aromatic carbocycles. The van der Waals surface area contributed by atoms with E-state index in [0.717, 1.165) is 18.2 Å². The van der Waals surface area contributed by atoms with Crippen LogP contribution < -0.4 is 16.2 Å². The highest BCUT2D eigenvalue weighted by Gasteiger charge is 2.16. The molecule has 0 unspecified atom stereocenters. The molecule has 2 rings (SSSR count). The van der Waals surface area contributed by atoms with Crippen molar-refractivity contribution in [1.29, 1.82) is 0 Å². The molecule has 2 N–H and O–H groups in total. The molecular formula is C8H12N4OS. The first-order valence-corrected chi connectivity index (χ1v) is 5.59. The zero-order valence-corrected chi connectivity index (χ0v) is 8.94. The Balaban J connectivity index is 2.63. The summed E-state index contributed by atoms with van der Waals surface area (Å²) in [6.45, 7) is 1.57. The van der Waals surface area contributed by atoms with Crippen LogP contribution in [-0.2, 0) is 7.05 Å². The van der Waals surface area contributed by atoms with Crippen molar-refractivity contribution in [2.75, 3.05) is 30.0 Å². The molecule has 0 radical (unpaired) electrons. The molecule has 0 atom stereocenters. The summed E-state index contributed by atoms with van der Waals surface area (Å²) in [5.74, 6) is 0.670. The van der Waals surface area contributed by atoms with E-state index in [1.807, 2.05) is 6.26 Å². The first-order valence-electron chi connectivity index (χ1n) is 4.37. The Labute approximate surface area is 85.9 Å². The molecule has 1 aromatic rings. The average Bonchev–Trinajstić information content (AvgIpc) is 2.23. The smallest absolute Gasteiger partial charge is 0.279 e. The van der Waals surface area contributed by atoms with Gasteiger partial charge < -0.3 is 10.6 Å². The number of thioether (sulfide) groups is 1. The van der Waals surface area contributed by atoms with Crippen molar-refractivity contribution in [3.63, 3.8) is 0 Å². The minimum absolute atomic E-state index is 0.0217. The molecular weight excluding hydrogens is 200 g/mol. The standard InChI is InChI=1S/C8H12N4OS/c1-12-7(13)5-6(10-4-3-9-5)11-8(12)14-2/h9-10H,3-4H2,1-2H3. The number of hydrogen-bond donors (Lipinski definition) is 2. The number of fused-ring (bicyclic) bond motifs is 1. The van der Waals surface area contributed by atoms with Gasteiger partial charge in [-0.15, -0.1) is 0 Å². The highest BCUT2D eigenvalue weighted by atomic mass is 32.2. The van der Waals surface area contributed by atoms with Gasteiger partial charge in [-0.05, 0) is 6.26 Å². The molecule has 5 nitrogen and oxygen atoms in total. The van der Waals surface area contributed by atoms with Gasteiger partial charge >= 0.3 is 0 Å². The predicted octanol–water partition coefficient (Wildman–Crippen LogP) is 0.340. The summed E-state index contributed by atoms with van der Waals surface area (Å²) < 4.78 is 1.56. The quantitative estimate of drug-likeness (QED) is 0.519. The monoisotopic (exact) mass is 212 g/mol. The topological polar surface area (TPSA) is 59.0 Å². The molecule has 1 aliphatic rings. The second kappa shape index (κ2) is 3.53. The second-order valence-corrected chi connectivity index (χ2v) is 3.81. The van der Waals surface area contributed by atoms with Crippen LogP contribution in [0.5, 0.6) is 0 Å². The fraction of sp³-hybridized carbons (Fsp3) is 0.500. The van der Waals surface area contributed by atoms with E-state index in [1.54, 1.807) is 11.6 Å². The summed E-state index contributed by atoms with van der Waals surface area (Å²) in [6.07, 6.45) is 1.91. The van der Waals surface area contributed by atoms with Crippen LogP contribution >= 0.6 is 11.8 Å². The number of nitrogens with zero attached hydrogens (tertiary/aromatic N) is 2. The van der Waals surface area contributed by atoms with Gasteiger partial charge in [-0.1, -0.05) is 11.8 Å². The van der Waals surface area contributed by atoms with E-state index >= 15 is 0 Å². The van der Waals surface area contributed by atoms with Crippen molar-refractivity contribution in [1.82, 2.24) is 9.55 Å². The second-order valence-electron chi connectivity index (χ2n) is 3.04. The fourth-order valence-electron chi connectivity index (χ4n) is 1.42. The van der Waals surface area contributed by atoms with E-state index in [-0.39, 0.29) is 5.56 Å². The Kier molecular flexibility index (Phi) is 2.37. The maximum absolute atomic E-state index is 11.8. The Hall–Kier alpha value is -1.17. The average molecular weight is 212 g/mol. The Bertz CT molecular complexity index is 415. The van der Waals surface area contributed by atoms with Crippen molar-refractivity contribution in [2.45, 2.75) is 5.16 Å². The summed E-state index contributed by atoms with van der Waals surface area (Å²) in [6, 6.07) is 0. The third-order valence-corrected chi connectivity index (χ3v) is 2.88. The van der Waals surface area contributed by atoms with Crippen LogP contribution in [-0.4, -0.2) is 28.9 Å². The minimum Gasteiger partial charge on any atom is -0.376 e. The SMILES string of the molecule is CSc1nc2c(c(=O)n1C)NCCN2. The van der Waals surface area contributed by atoms with Crippen molar-refractivity contribution >= 4 is 23.3 Å². The lowest BCUT2D eigenvalue weighted by molar-refractivity contribution is 0.708. The highest BCUT2D eigenvalue weighted by molar-refractivity contribution is 7.98. The third-order valence-electron chi connectivity index (χ3n) is 2.15. The Morgan fingerprint density at radius 2 is 2.14 bits per heavy atom. The lowest BCUT2D eigenvalue weighted by atomic mass is 10.3. The molecule has 0 aliphatic carbocycles. The predicted molar refractivity (Wildman–Crippen MR) is 58.2 cm³/mol. The van der Waals surface area contributed by atoms with Gasteiger partial charge in [0.25, 0.3) is 5.56 Å². The molecule has 0 amide bonds. The van der Waals surface area contributed by atoms with Gasteiger partial charge in [0.15, 0.2) is 11.0 Å². The summed E-state index contributed by atoms with van der Waals surface area (Å²) in [4.78, 5) is 16.1. The van der Waals surface area contributed by atoms with Gasteiger partial charge in [0.05, 0.1) is 0 Å². The zero-order chi connectivity index (χ0) is 10.1. The van der Waals surface area contributed by atoms with Gasteiger partial charge in [-0.25, -0.2) is 4.98 Å². The van der Waals surface area contributed by atoms with Crippen LogP contribution in [0.3, 0.4) is 0 Å². The van der Waals surface area contributed by atoms with Crippen LogP contribution in [0.2, 0.25) is 0 Å². The van der Waals surface area contributed by atoms with Crippen molar-refractivity contribution in [3.05, 3.63) is 10.4 Å². The molecule has 0 bridgehead atoms. The third kappa shape index (κ3) is 1.35. The molecule has 0 saturated heterocycles. The molecule has 76 valence electrons. The van der Waals surface area contributed by atoms with E-state index in [4.69, 9.17) is 0 Å². The lowest BCUT2D eigenvalue weighted by Crippen LogP contribution is -2.31. The maximum atomic E-state index is 11.8. The first kappa shape index (κ1) is 9.39. The molecule has 1 aliphatic heterocycles. The van der Waals surface area contributed by atoms with E-state index < -0.39 is 0 Å². The highest BCUT2D eigenvalue weighted by Crippen LogP contribution is 2.20. The molecule has 0 fully saturated rings. The summed E-state index contributed by atoms with van der Waals surface area (Å²) in [7, 11) is 1.73. The van der Waals surface area contributed by atoms with E-state index in [0.29, 0.717) is 11.5 Å². The van der Waals surface area contributed by atoms with E-state index in [9.17, 15) is 4.79 Å². The normalized spacial score (nSPS) is 14.1. The van der Waals surface area contributed by atoms with Gasteiger partial charge in [0.2, 0.25) is 0 Å². The Morgan fingerprint density at radius 3 is 2.86 bits per heavy atom. The van der Waals surface area contributed by atoms with Crippen LogP contribution in [0.4, 0.5) is 11.5 Å². The molecule has 1 aromatic heterocycles. The summed E-state index contributed by atoms with van der Waals surface area (Å²) >= 11 is 1.47. The Morgan fingerprint density at radius 1 is 1.43 bits per heavy atom. The van der Waals surface area contributed by atoms with Crippen LogP contribution in [0, 0.1) is 0 Å². The van der Waals surface area contributed by atoms with Crippen molar-refractivity contribution in [3.8, 4) is 0 Å². The van der Waals surface area contributed by atoms with E-state index in [1.165, 1.54) is 11.8 Å². The number of aromatic nitrogens is 2. The summed E-state index contributed by atoms with van der Waals surface area (Å²) in [5, 5.41) is 6.89. The van der Waals surface area contributed by atoms with Crippen LogP contribution in [0.15, 0.2) is 9.95 Å². The molecule has 2 heterocycles. The molecule has 14 heavy (non-hydrogen) atoms. The van der Waals surface area contributed by atoms with E-state index in [2.05, 4.69) is 15.6 Å². The number of hydrogen-bond acceptors (Lipinski definition) is 5. The van der Waals surface area contributed by atoms with Crippen molar-refractivity contribution in [2.24, 2.45) is 7.05 Å². The molecule has 0 spiro atoms. The molecule has 0 saturated carbocycles. The minimum atomic E-state index is -0.0217. The van der Waals surface area contributed by atoms with Gasteiger partial charge in [-0.2, -0.15) is 0 Å². The van der Waals surface area contributed by atoms with Crippen LogP contribution in [0.25, 0.3) is 0 Å². The lowest BCUT2D eigenvalue weighted by Gasteiger charge is -2.19. The first-order chi connectivity index (χ1) is 6.74. The zero-order valence-electron chi connectivity index (χ0n) is 8.13. The largest absolute Gasteiger partial charge is 0.376 e. The number of nitrogens with one attached hydrogen (secondary N) is 2. The maximum Gasteiger partial charge on any atom is 0.279 e. The van der Waals surface area contributed by atoms with Gasteiger partial charge in [0.1, 0.15) is 5.69 Å². The molecule has 6 heteroatoms. The van der Waals surface area contributed by atoms with Gasteiger partial charge in [-0.3, -0.25) is 9.36 Å². The number of anilines is 2. The number of rotatable bonds is 1. The van der Waals surface area contributed by atoms with Crippen molar-refractivity contribution < 1.29 is 0 Å². The van der Waals surface area contributed by atoms with Gasteiger partial charge in [0, 0.05) is 20.1 Å².